The van der Waals surface area contributed by atoms with Gasteiger partial charge in [0.2, 0.25) is 0 Å². The molecular formula is C15H15ClN2O2. The summed E-state index contributed by atoms with van der Waals surface area (Å²) < 4.78 is 5.37. The largest absolute Gasteiger partial charge is 0.482 e. The van der Waals surface area contributed by atoms with Crippen LogP contribution in [0.4, 0.5) is 11.4 Å². The highest BCUT2D eigenvalue weighted by atomic mass is 35.5. The van der Waals surface area contributed by atoms with E-state index < -0.39 is 0 Å². The summed E-state index contributed by atoms with van der Waals surface area (Å²) >= 11 is 5.86. The Labute approximate surface area is 122 Å². The summed E-state index contributed by atoms with van der Waals surface area (Å²) in [5.74, 6) is 0.245. The molecule has 2 rings (SSSR count). The van der Waals surface area contributed by atoms with Gasteiger partial charge in [-0.05, 0) is 42.8 Å². The number of carbonyl (C=O) groups excluding carboxylic acids is 1. The molecule has 0 atom stereocenters. The molecule has 3 N–H and O–H groups in total. The fraction of sp³-hybridized carbons (Fsp3) is 0.133. The van der Waals surface area contributed by atoms with Crippen LogP contribution in [0.2, 0.25) is 5.02 Å². The molecule has 0 spiro atoms. The van der Waals surface area contributed by atoms with Gasteiger partial charge in [0.15, 0.2) is 6.61 Å². The summed E-state index contributed by atoms with van der Waals surface area (Å²) in [6, 6.07) is 12.3. The van der Waals surface area contributed by atoms with Gasteiger partial charge in [0.25, 0.3) is 5.91 Å². The molecule has 0 aromatic heterocycles. The van der Waals surface area contributed by atoms with Gasteiger partial charge in [0, 0.05) is 10.7 Å². The lowest BCUT2D eigenvalue weighted by Gasteiger charge is -2.10. The number of aryl methyl sites for hydroxylation is 1. The molecule has 0 radical (unpaired) electrons. The molecule has 0 aliphatic carbocycles. The van der Waals surface area contributed by atoms with E-state index >= 15 is 0 Å². The number of hydrogen-bond acceptors (Lipinski definition) is 3. The zero-order valence-corrected chi connectivity index (χ0v) is 11.8. The van der Waals surface area contributed by atoms with Gasteiger partial charge in [-0.2, -0.15) is 0 Å². The first-order valence-corrected chi connectivity index (χ1v) is 6.47. The fourth-order valence-electron chi connectivity index (χ4n) is 1.71. The molecule has 2 aromatic rings. The molecule has 0 aliphatic rings. The fourth-order valence-corrected chi connectivity index (χ4v) is 1.94. The van der Waals surface area contributed by atoms with Crippen LogP contribution in [0.3, 0.4) is 0 Å². The summed E-state index contributed by atoms with van der Waals surface area (Å²) in [4.78, 5) is 11.8. The Balaban J connectivity index is 1.94. The normalized spacial score (nSPS) is 10.1. The van der Waals surface area contributed by atoms with E-state index in [1.807, 2.05) is 6.92 Å². The minimum absolute atomic E-state index is 0.101. The van der Waals surface area contributed by atoms with Crippen LogP contribution in [0.5, 0.6) is 5.75 Å². The lowest BCUT2D eigenvalue weighted by Crippen LogP contribution is -2.20. The van der Waals surface area contributed by atoms with E-state index in [0.29, 0.717) is 22.1 Å². The molecule has 0 bridgehead atoms. The maximum Gasteiger partial charge on any atom is 0.262 e. The first-order valence-electron chi connectivity index (χ1n) is 6.09. The van der Waals surface area contributed by atoms with Crippen molar-refractivity contribution in [3.05, 3.63) is 53.1 Å². The van der Waals surface area contributed by atoms with Crippen molar-refractivity contribution in [3.63, 3.8) is 0 Å². The number of nitrogens with one attached hydrogen (secondary N) is 1. The van der Waals surface area contributed by atoms with Crippen LogP contribution in [0.1, 0.15) is 5.56 Å². The van der Waals surface area contributed by atoms with E-state index in [1.54, 1.807) is 42.5 Å². The molecular weight excluding hydrogens is 276 g/mol. The van der Waals surface area contributed by atoms with Crippen LogP contribution in [-0.2, 0) is 4.79 Å². The average molecular weight is 291 g/mol. The molecule has 5 heteroatoms. The SMILES string of the molecule is Cc1cc(Cl)ccc1NC(=O)COc1ccccc1N. The minimum atomic E-state index is -0.251. The molecule has 20 heavy (non-hydrogen) atoms. The quantitative estimate of drug-likeness (QED) is 0.850. The Kier molecular flexibility index (Phi) is 4.48. The molecule has 2 aromatic carbocycles. The number of amides is 1. The predicted molar refractivity (Wildman–Crippen MR) is 81.2 cm³/mol. The first kappa shape index (κ1) is 14.2. The van der Waals surface area contributed by atoms with Crippen molar-refractivity contribution < 1.29 is 9.53 Å². The maximum atomic E-state index is 11.8. The predicted octanol–water partition coefficient (Wildman–Crippen LogP) is 3.25. The second-order valence-electron chi connectivity index (χ2n) is 4.33. The molecule has 0 saturated carbocycles. The summed E-state index contributed by atoms with van der Waals surface area (Å²) in [7, 11) is 0. The van der Waals surface area contributed by atoms with E-state index in [2.05, 4.69) is 5.32 Å². The van der Waals surface area contributed by atoms with Gasteiger partial charge in [-0.25, -0.2) is 0 Å². The number of ether oxygens (including phenoxy) is 1. The third-order valence-corrected chi connectivity index (χ3v) is 2.98. The van der Waals surface area contributed by atoms with E-state index in [9.17, 15) is 4.79 Å². The van der Waals surface area contributed by atoms with Crippen LogP contribution < -0.4 is 15.8 Å². The van der Waals surface area contributed by atoms with Gasteiger partial charge in [0.05, 0.1) is 5.69 Å². The lowest BCUT2D eigenvalue weighted by molar-refractivity contribution is -0.118. The molecule has 0 unspecified atom stereocenters. The number of carbonyl (C=O) groups is 1. The minimum Gasteiger partial charge on any atom is -0.482 e. The zero-order valence-electron chi connectivity index (χ0n) is 11.0. The van der Waals surface area contributed by atoms with Crippen molar-refractivity contribution >= 4 is 28.9 Å². The van der Waals surface area contributed by atoms with Crippen molar-refractivity contribution in [1.82, 2.24) is 0 Å². The Morgan fingerprint density at radius 3 is 2.75 bits per heavy atom. The van der Waals surface area contributed by atoms with Gasteiger partial charge < -0.3 is 15.8 Å². The van der Waals surface area contributed by atoms with Gasteiger partial charge in [-0.1, -0.05) is 23.7 Å². The third-order valence-electron chi connectivity index (χ3n) is 2.74. The maximum absolute atomic E-state index is 11.8. The van der Waals surface area contributed by atoms with E-state index in [4.69, 9.17) is 22.1 Å². The van der Waals surface area contributed by atoms with E-state index in [1.165, 1.54) is 0 Å². The van der Waals surface area contributed by atoms with Crippen LogP contribution in [-0.4, -0.2) is 12.5 Å². The van der Waals surface area contributed by atoms with Gasteiger partial charge >= 0.3 is 0 Å². The number of rotatable bonds is 4. The number of para-hydroxylation sites is 2. The Morgan fingerprint density at radius 1 is 1.30 bits per heavy atom. The number of anilines is 2. The summed E-state index contributed by atoms with van der Waals surface area (Å²) in [5, 5.41) is 3.40. The van der Waals surface area contributed by atoms with Crippen molar-refractivity contribution in [3.8, 4) is 5.75 Å². The molecule has 0 heterocycles. The molecule has 0 fully saturated rings. The number of nitrogen functional groups attached to an aromatic ring is 1. The lowest BCUT2D eigenvalue weighted by atomic mass is 10.2. The van der Waals surface area contributed by atoms with Crippen LogP contribution in [0.25, 0.3) is 0 Å². The topological polar surface area (TPSA) is 64.3 Å². The highest BCUT2D eigenvalue weighted by molar-refractivity contribution is 6.30. The van der Waals surface area contributed by atoms with Crippen LogP contribution in [0, 0.1) is 6.92 Å². The number of hydrogen-bond donors (Lipinski definition) is 2. The summed E-state index contributed by atoms with van der Waals surface area (Å²) in [6.07, 6.45) is 0. The Hall–Kier alpha value is -2.20. The third kappa shape index (κ3) is 3.65. The molecule has 1 amide bonds. The second kappa shape index (κ2) is 6.30. The molecule has 0 aliphatic heterocycles. The van der Waals surface area contributed by atoms with Crippen LogP contribution in [0.15, 0.2) is 42.5 Å². The zero-order chi connectivity index (χ0) is 14.5. The number of benzene rings is 2. The smallest absolute Gasteiger partial charge is 0.262 e. The number of nitrogens with two attached hydrogens (primary N) is 1. The molecule has 104 valence electrons. The van der Waals surface area contributed by atoms with Crippen molar-refractivity contribution in [1.29, 1.82) is 0 Å². The van der Waals surface area contributed by atoms with Crippen molar-refractivity contribution in [2.24, 2.45) is 0 Å². The van der Waals surface area contributed by atoms with Gasteiger partial charge in [-0.15, -0.1) is 0 Å². The Morgan fingerprint density at radius 2 is 2.05 bits per heavy atom. The van der Waals surface area contributed by atoms with E-state index in [-0.39, 0.29) is 12.5 Å². The van der Waals surface area contributed by atoms with Gasteiger partial charge in [0.1, 0.15) is 5.75 Å². The second-order valence-corrected chi connectivity index (χ2v) is 4.77. The number of halogens is 1. The van der Waals surface area contributed by atoms with E-state index in [0.717, 1.165) is 5.56 Å². The van der Waals surface area contributed by atoms with Crippen LogP contribution >= 0.6 is 11.6 Å². The highest BCUT2D eigenvalue weighted by Gasteiger charge is 2.07. The standard InChI is InChI=1S/C15H15ClN2O2/c1-10-8-11(16)6-7-13(10)18-15(19)9-20-14-5-3-2-4-12(14)17/h2-8H,9,17H2,1H3,(H,18,19). The average Bonchev–Trinajstić information content (AvgIpc) is 2.41. The van der Waals surface area contributed by atoms with Gasteiger partial charge in [-0.3, -0.25) is 4.79 Å². The molecule has 0 saturated heterocycles. The summed E-state index contributed by atoms with van der Waals surface area (Å²) in [5.41, 5.74) is 7.84. The van der Waals surface area contributed by atoms with Crippen molar-refractivity contribution in [2.45, 2.75) is 6.92 Å². The first-order chi connectivity index (χ1) is 9.56. The Bertz CT molecular complexity index is 629. The monoisotopic (exact) mass is 290 g/mol. The molecule has 4 nitrogen and oxygen atoms in total. The highest BCUT2D eigenvalue weighted by Crippen LogP contribution is 2.21. The van der Waals surface area contributed by atoms with Crippen molar-refractivity contribution in [2.75, 3.05) is 17.7 Å². The summed E-state index contributed by atoms with van der Waals surface area (Å²) in [6.45, 7) is 1.77.